The lowest BCUT2D eigenvalue weighted by atomic mass is 10.00. The molecule has 3 aromatic carbocycles. The molecule has 5 nitrogen and oxygen atoms in total. The van der Waals surface area contributed by atoms with E-state index < -0.39 is 5.97 Å². The average Bonchev–Trinajstić information content (AvgIpc) is 2.71. The van der Waals surface area contributed by atoms with Crippen molar-refractivity contribution in [1.82, 2.24) is 9.78 Å². The first-order valence-corrected chi connectivity index (χ1v) is 8.53. The second kappa shape index (κ2) is 6.88. The quantitative estimate of drug-likeness (QED) is 0.605. The highest BCUT2D eigenvalue weighted by Crippen LogP contribution is 2.20. The molecule has 1 N–H and O–H groups in total. The zero-order valence-electron chi connectivity index (χ0n) is 14.4. The van der Waals surface area contributed by atoms with E-state index in [9.17, 15) is 14.7 Å². The molecular formula is C22H16N2O3. The van der Waals surface area contributed by atoms with E-state index in [1.165, 1.54) is 4.68 Å². The predicted octanol–water partition coefficient (Wildman–Crippen LogP) is 3.67. The standard InChI is InChI=1S/C22H16N2O3/c25-21-19-13-7-6-12-18(19)20(23-24(21)16-9-2-1-3-10-16)14-15-8-4-5-11-17(15)22(26)27/h1-13H,14H2,(H,26,27). The summed E-state index contributed by atoms with van der Waals surface area (Å²) in [5.74, 6) is -0.980. The molecule has 4 aromatic rings. The van der Waals surface area contributed by atoms with E-state index in [-0.39, 0.29) is 11.1 Å². The first-order chi connectivity index (χ1) is 13.1. The third-order valence-electron chi connectivity index (χ3n) is 4.49. The van der Waals surface area contributed by atoms with E-state index in [0.29, 0.717) is 28.8 Å². The summed E-state index contributed by atoms with van der Waals surface area (Å²) in [6, 6.07) is 23.3. The topological polar surface area (TPSA) is 72.2 Å². The van der Waals surface area contributed by atoms with Gasteiger partial charge in [0, 0.05) is 11.8 Å². The third kappa shape index (κ3) is 3.11. The summed E-state index contributed by atoms with van der Waals surface area (Å²) in [5, 5.41) is 15.3. The Morgan fingerprint density at radius 2 is 1.48 bits per heavy atom. The summed E-state index contributed by atoms with van der Waals surface area (Å²) < 4.78 is 1.38. The lowest BCUT2D eigenvalue weighted by Crippen LogP contribution is -2.23. The number of carbonyl (C=O) groups is 1. The lowest BCUT2D eigenvalue weighted by molar-refractivity contribution is 0.0696. The molecule has 0 aliphatic carbocycles. The SMILES string of the molecule is O=C(O)c1ccccc1Cc1nn(-c2ccccc2)c(=O)c2ccccc12. The summed E-state index contributed by atoms with van der Waals surface area (Å²) >= 11 is 0. The van der Waals surface area contributed by atoms with Gasteiger partial charge in [0.15, 0.2) is 0 Å². The molecule has 0 aliphatic rings. The molecule has 4 rings (SSSR count). The van der Waals surface area contributed by atoms with E-state index in [1.54, 1.807) is 30.3 Å². The van der Waals surface area contributed by atoms with Crippen molar-refractivity contribution >= 4 is 16.7 Å². The maximum Gasteiger partial charge on any atom is 0.335 e. The van der Waals surface area contributed by atoms with Crippen molar-refractivity contribution < 1.29 is 9.90 Å². The van der Waals surface area contributed by atoms with E-state index in [1.807, 2.05) is 48.5 Å². The first-order valence-electron chi connectivity index (χ1n) is 8.53. The normalized spacial score (nSPS) is 10.8. The number of para-hydroxylation sites is 1. The fourth-order valence-corrected chi connectivity index (χ4v) is 3.19. The minimum absolute atomic E-state index is 0.202. The average molecular weight is 356 g/mol. The fourth-order valence-electron chi connectivity index (χ4n) is 3.19. The van der Waals surface area contributed by atoms with Gasteiger partial charge in [-0.25, -0.2) is 4.79 Å². The summed E-state index contributed by atoms with van der Waals surface area (Å²) in [4.78, 5) is 24.5. The molecule has 0 saturated heterocycles. The van der Waals surface area contributed by atoms with Gasteiger partial charge in [-0.05, 0) is 29.8 Å². The monoisotopic (exact) mass is 356 g/mol. The molecule has 27 heavy (non-hydrogen) atoms. The van der Waals surface area contributed by atoms with Gasteiger partial charge < -0.3 is 5.11 Å². The number of carboxylic acid groups (broad SMARTS) is 1. The number of hydrogen-bond donors (Lipinski definition) is 1. The highest BCUT2D eigenvalue weighted by atomic mass is 16.4. The zero-order chi connectivity index (χ0) is 18.8. The van der Waals surface area contributed by atoms with Crippen molar-refractivity contribution in [2.24, 2.45) is 0 Å². The van der Waals surface area contributed by atoms with Crippen LogP contribution in [-0.4, -0.2) is 20.9 Å². The van der Waals surface area contributed by atoms with Crippen LogP contribution in [0.25, 0.3) is 16.5 Å². The molecule has 0 bridgehead atoms. The van der Waals surface area contributed by atoms with Crippen molar-refractivity contribution in [3.8, 4) is 5.69 Å². The predicted molar refractivity (Wildman–Crippen MR) is 104 cm³/mol. The minimum atomic E-state index is -0.980. The molecule has 1 heterocycles. The molecule has 0 radical (unpaired) electrons. The van der Waals surface area contributed by atoms with Gasteiger partial charge >= 0.3 is 5.97 Å². The molecule has 0 amide bonds. The van der Waals surface area contributed by atoms with Crippen LogP contribution in [0.1, 0.15) is 21.6 Å². The van der Waals surface area contributed by atoms with Crippen molar-refractivity contribution in [3.63, 3.8) is 0 Å². The molecule has 5 heteroatoms. The molecular weight excluding hydrogens is 340 g/mol. The molecule has 0 atom stereocenters. The van der Waals surface area contributed by atoms with Gasteiger partial charge in [0.05, 0.1) is 22.3 Å². The van der Waals surface area contributed by atoms with Crippen LogP contribution < -0.4 is 5.56 Å². The van der Waals surface area contributed by atoms with Gasteiger partial charge in [0.25, 0.3) is 5.56 Å². The van der Waals surface area contributed by atoms with Gasteiger partial charge in [-0.3, -0.25) is 4.79 Å². The highest BCUT2D eigenvalue weighted by Gasteiger charge is 2.15. The largest absolute Gasteiger partial charge is 0.478 e. The van der Waals surface area contributed by atoms with Crippen molar-refractivity contribution in [2.75, 3.05) is 0 Å². The molecule has 0 saturated carbocycles. The van der Waals surface area contributed by atoms with E-state index >= 15 is 0 Å². The molecule has 0 spiro atoms. The third-order valence-corrected chi connectivity index (χ3v) is 4.49. The summed E-state index contributed by atoms with van der Waals surface area (Å²) in [6.45, 7) is 0. The van der Waals surface area contributed by atoms with E-state index in [2.05, 4.69) is 5.10 Å². The Hall–Kier alpha value is -3.73. The fraction of sp³-hybridized carbons (Fsp3) is 0.0455. The van der Waals surface area contributed by atoms with Crippen LogP contribution in [0.3, 0.4) is 0 Å². The van der Waals surface area contributed by atoms with E-state index in [0.717, 1.165) is 5.39 Å². The van der Waals surface area contributed by atoms with Gasteiger partial charge in [-0.2, -0.15) is 9.78 Å². The smallest absolute Gasteiger partial charge is 0.335 e. The zero-order valence-corrected chi connectivity index (χ0v) is 14.4. The Balaban J connectivity index is 1.95. The number of nitrogens with zero attached hydrogens (tertiary/aromatic N) is 2. The number of benzene rings is 3. The Morgan fingerprint density at radius 3 is 2.22 bits per heavy atom. The lowest BCUT2D eigenvalue weighted by Gasteiger charge is -2.12. The van der Waals surface area contributed by atoms with Gasteiger partial charge in [-0.15, -0.1) is 0 Å². The Morgan fingerprint density at radius 1 is 0.852 bits per heavy atom. The second-order valence-electron chi connectivity index (χ2n) is 6.18. The first kappa shape index (κ1) is 16.7. The summed E-state index contributed by atoms with van der Waals surface area (Å²) in [7, 11) is 0. The van der Waals surface area contributed by atoms with E-state index in [4.69, 9.17) is 0 Å². The number of carboxylic acids is 1. The number of aromatic carboxylic acids is 1. The number of aromatic nitrogens is 2. The van der Waals surface area contributed by atoms with Crippen LogP contribution in [0.2, 0.25) is 0 Å². The minimum Gasteiger partial charge on any atom is -0.478 e. The van der Waals surface area contributed by atoms with Gasteiger partial charge in [0.1, 0.15) is 0 Å². The molecule has 0 unspecified atom stereocenters. The number of fused-ring (bicyclic) bond motifs is 1. The Kier molecular flexibility index (Phi) is 4.26. The maximum absolute atomic E-state index is 12.9. The van der Waals surface area contributed by atoms with Gasteiger partial charge in [0.2, 0.25) is 0 Å². The van der Waals surface area contributed by atoms with Gasteiger partial charge in [-0.1, -0.05) is 54.6 Å². The Bertz CT molecular complexity index is 1200. The Labute approximate surface area is 155 Å². The molecule has 0 fully saturated rings. The van der Waals surface area contributed by atoms with Crippen LogP contribution in [0.4, 0.5) is 0 Å². The molecule has 132 valence electrons. The number of hydrogen-bond acceptors (Lipinski definition) is 3. The van der Waals surface area contributed by atoms with Crippen LogP contribution in [0, 0.1) is 0 Å². The summed E-state index contributed by atoms with van der Waals surface area (Å²) in [5.41, 5.74) is 2.01. The van der Waals surface area contributed by atoms with Crippen molar-refractivity contribution in [1.29, 1.82) is 0 Å². The molecule has 1 aromatic heterocycles. The van der Waals surface area contributed by atoms with Crippen LogP contribution in [-0.2, 0) is 6.42 Å². The van der Waals surface area contributed by atoms with Crippen LogP contribution >= 0.6 is 0 Å². The van der Waals surface area contributed by atoms with Crippen LogP contribution in [0.5, 0.6) is 0 Å². The maximum atomic E-state index is 12.9. The summed E-state index contributed by atoms with van der Waals surface area (Å²) in [6.07, 6.45) is 0.316. The second-order valence-corrected chi connectivity index (χ2v) is 6.18. The van der Waals surface area contributed by atoms with Crippen molar-refractivity contribution in [2.45, 2.75) is 6.42 Å². The molecule has 0 aliphatic heterocycles. The van der Waals surface area contributed by atoms with Crippen LogP contribution in [0.15, 0.2) is 83.7 Å². The highest BCUT2D eigenvalue weighted by molar-refractivity contribution is 5.90. The number of rotatable bonds is 4. The van der Waals surface area contributed by atoms with Crippen molar-refractivity contribution in [3.05, 3.63) is 106 Å².